The van der Waals surface area contributed by atoms with Gasteiger partial charge in [0.05, 0.1) is 13.2 Å². The third-order valence-electron chi connectivity index (χ3n) is 3.14. The van der Waals surface area contributed by atoms with Gasteiger partial charge in [-0.2, -0.15) is 0 Å². The highest BCUT2D eigenvalue weighted by molar-refractivity contribution is 9.10. The topological polar surface area (TPSA) is 31.4 Å². The minimum absolute atomic E-state index is 0.218. The molecule has 0 amide bonds. The smallest absolute Gasteiger partial charge is 0.221 e. The maximum absolute atomic E-state index is 6.01. The summed E-state index contributed by atoms with van der Waals surface area (Å²) in [6.45, 7) is 5.55. The van der Waals surface area contributed by atoms with E-state index in [1.807, 2.05) is 26.0 Å². The molecule has 0 unspecified atom stereocenters. The molecule has 0 aliphatic carbocycles. The van der Waals surface area contributed by atoms with Gasteiger partial charge in [0, 0.05) is 28.9 Å². The van der Waals surface area contributed by atoms with Gasteiger partial charge in [-0.25, -0.2) is 4.98 Å². The number of halogens is 1. The molecule has 1 saturated heterocycles. The van der Waals surface area contributed by atoms with Crippen molar-refractivity contribution in [3.8, 4) is 5.88 Å². The Labute approximate surface area is 128 Å². The van der Waals surface area contributed by atoms with E-state index in [4.69, 9.17) is 9.47 Å². The van der Waals surface area contributed by atoms with Crippen LogP contribution in [0.3, 0.4) is 0 Å². The van der Waals surface area contributed by atoms with Crippen LogP contribution in [0.25, 0.3) is 10.8 Å². The first-order chi connectivity index (χ1) is 9.83. The maximum Gasteiger partial charge on any atom is 0.221 e. The van der Waals surface area contributed by atoms with Crippen molar-refractivity contribution < 1.29 is 9.47 Å². The highest BCUT2D eigenvalue weighted by Gasteiger charge is 2.17. The third kappa shape index (κ3) is 3.70. The van der Waals surface area contributed by atoms with E-state index in [2.05, 4.69) is 33.0 Å². The Balaban J connectivity index is 0.000000704. The van der Waals surface area contributed by atoms with Crippen LogP contribution in [0.5, 0.6) is 5.88 Å². The van der Waals surface area contributed by atoms with E-state index in [1.54, 1.807) is 6.20 Å². The van der Waals surface area contributed by atoms with Gasteiger partial charge >= 0.3 is 0 Å². The molecule has 0 N–H and O–H groups in total. The molecule has 108 valence electrons. The predicted molar refractivity (Wildman–Crippen MR) is 85.3 cm³/mol. The van der Waals surface area contributed by atoms with Gasteiger partial charge in [0.2, 0.25) is 5.88 Å². The fourth-order valence-electron chi connectivity index (χ4n) is 2.16. The van der Waals surface area contributed by atoms with Crippen LogP contribution >= 0.6 is 15.9 Å². The van der Waals surface area contributed by atoms with Crippen LogP contribution in [0.15, 0.2) is 34.9 Å². The molecule has 4 heteroatoms. The quantitative estimate of drug-likeness (QED) is 0.803. The van der Waals surface area contributed by atoms with E-state index >= 15 is 0 Å². The number of ether oxygens (including phenoxy) is 2. The Bertz CT molecular complexity index is 553. The first kappa shape index (κ1) is 15.3. The van der Waals surface area contributed by atoms with Gasteiger partial charge in [0.1, 0.15) is 6.10 Å². The number of aromatic nitrogens is 1. The van der Waals surface area contributed by atoms with E-state index in [-0.39, 0.29) is 6.10 Å². The number of hydrogen-bond donors (Lipinski definition) is 0. The van der Waals surface area contributed by atoms with Crippen LogP contribution < -0.4 is 4.74 Å². The SMILES string of the molecule is Brc1ccc2ccnc(OC3CCOCC3)c2c1.CC. The number of benzene rings is 1. The molecule has 3 nitrogen and oxygen atoms in total. The maximum atomic E-state index is 6.01. The highest BCUT2D eigenvalue weighted by atomic mass is 79.9. The zero-order chi connectivity index (χ0) is 14.4. The van der Waals surface area contributed by atoms with Crippen LogP contribution in [0.4, 0.5) is 0 Å². The van der Waals surface area contributed by atoms with E-state index in [1.165, 1.54) is 0 Å². The molecule has 2 heterocycles. The molecule has 3 rings (SSSR count). The Morgan fingerprint density at radius 2 is 1.95 bits per heavy atom. The molecule has 0 spiro atoms. The molecule has 1 fully saturated rings. The van der Waals surface area contributed by atoms with Crippen molar-refractivity contribution >= 4 is 26.7 Å². The molecule has 0 bridgehead atoms. The van der Waals surface area contributed by atoms with Gasteiger partial charge < -0.3 is 9.47 Å². The summed E-state index contributed by atoms with van der Waals surface area (Å²) in [6, 6.07) is 8.15. The minimum Gasteiger partial charge on any atom is -0.474 e. The zero-order valence-corrected chi connectivity index (χ0v) is 13.5. The van der Waals surface area contributed by atoms with Gasteiger partial charge in [0.25, 0.3) is 0 Å². The first-order valence-corrected chi connectivity index (χ1v) is 7.91. The molecule has 0 radical (unpaired) electrons. The number of hydrogen-bond acceptors (Lipinski definition) is 3. The van der Waals surface area contributed by atoms with Crippen molar-refractivity contribution in [3.05, 3.63) is 34.9 Å². The molecule has 0 saturated carbocycles. The van der Waals surface area contributed by atoms with Crippen LogP contribution in [0, 0.1) is 0 Å². The molecule has 1 aromatic carbocycles. The molecule has 20 heavy (non-hydrogen) atoms. The number of pyridine rings is 1. The van der Waals surface area contributed by atoms with Gasteiger partial charge in [0.15, 0.2) is 0 Å². The van der Waals surface area contributed by atoms with Gasteiger partial charge in [-0.05, 0) is 23.6 Å². The number of rotatable bonds is 2. The Kier molecular flexibility index (Phi) is 5.80. The summed E-state index contributed by atoms with van der Waals surface area (Å²) in [7, 11) is 0. The van der Waals surface area contributed by atoms with Crippen LogP contribution in [0.1, 0.15) is 26.7 Å². The summed E-state index contributed by atoms with van der Waals surface area (Å²) in [5.41, 5.74) is 0. The predicted octanol–water partition coefficient (Wildman–Crippen LogP) is 4.58. The molecule has 1 aliphatic heterocycles. The zero-order valence-electron chi connectivity index (χ0n) is 11.9. The van der Waals surface area contributed by atoms with Crippen molar-refractivity contribution in [2.24, 2.45) is 0 Å². The van der Waals surface area contributed by atoms with E-state index in [9.17, 15) is 0 Å². The van der Waals surface area contributed by atoms with Crippen molar-refractivity contribution in [2.75, 3.05) is 13.2 Å². The van der Waals surface area contributed by atoms with Gasteiger partial charge in [-0.1, -0.05) is 35.8 Å². The second-order valence-electron chi connectivity index (χ2n) is 4.41. The molecule has 0 atom stereocenters. The summed E-state index contributed by atoms with van der Waals surface area (Å²) in [4.78, 5) is 4.36. The summed E-state index contributed by atoms with van der Waals surface area (Å²) >= 11 is 3.49. The summed E-state index contributed by atoms with van der Waals surface area (Å²) in [6.07, 6.45) is 3.89. The fourth-order valence-corrected chi connectivity index (χ4v) is 2.52. The monoisotopic (exact) mass is 337 g/mol. The van der Waals surface area contributed by atoms with E-state index < -0.39 is 0 Å². The average molecular weight is 338 g/mol. The minimum atomic E-state index is 0.218. The lowest BCUT2D eigenvalue weighted by atomic mass is 10.1. The molecule has 2 aromatic rings. The molecule has 1 aromatic heterocycles. The Morgan fingerprint density at radius 3 is 2.70 bits per heavy atom. The first-order valence-electron chi connectivity index (χ1n) is 7.11. The standard InChI is InChI=1S/C14H14BrNO2.C2H6/c15-11-2-1-10-3-6-16-14(13(10)9-11)18-12-4-7-17-8-5-12;1-2/h1-3,6,9,12H,4-5,7-8H2;1-2H3. The Hall–Kier alpha value is -1.13. The van der Waals surface area contributed by atoms with Crippen LogP contribution in [-0.2, 0) is 4.74 Å². The van der Waals surface area contributed by atoms with Crippen LogP contribution in [0.2, 0.25) is 0 Å². The summed E-state index contributed by atoms with van der Waals surface area (Å²) in [5.74, 6) is 0.723. The van der Waals surface area contributed by atoms with Gasteiger partial charge in [-0.15, -0.1) is 0 Å². The van der Waals surface area contributed by atoms with Crippen LogP contribution in [-0.4, -0.2) is 24.3 Å². The summed E-state index contributed by atoms with van der Waals surface area (Å²) in [5, 5.41) is 2.20. The molecular formula is C16H20BrNO2. The highest BCUT2D eigenvalue weighted by Crippen LogP contribution is 2.28. The van der Waals surface area contributed by atoms with Crippen molar-refractivity contribution in [2.45, 2.75) is 32.8 Å². The lowest BCUT2D eigenvalue weighted by Crippen LogP contribution is -2.26. The van der Waals surface area contributed by atoms with Crippen molar-refractivity contribution in [1.29, 1.82) is 0 Å². The second-order valence-corrected chi connectivity index (χ2v) is 5.33. The molecular weight excluding hydrogens is 318 g/mol. The second kappa shape index (κ2) is 7.60. The average Bonchev–Trinajstić information content (AvgIpc) is 2.51. The third-order valence-corrected chi connectivity index (χ3v) is 3.63. The number of fused-ring (bicyclic) bond motifs is 1. The fraction of sp³-hybridized carbons (Fsp3) is 0.438. The lowest BCUT2D eigenvalue weighted by molar-refractivity contribution is 0.0244. The summed E-state index contributed by atoms with van der Waals surface area (Å²) < 4.78 is 12.4. The number of nitrogens with zero attached hydrogens (tertiary/aromatic N) is 1. The lowest BCUT2D eigenvalue weighted by Gasteiger charge is -2.23. The molecule has 1 aliphatic rings. The largest absolute Gasteiger partial charge is 0.474 e. The van der Waals surface area contributed by atoms with E-state index in [0.29, 0.717) is 0 Å². The van der Waals surface area contributed by atoms with Gasteiger partial charge in [-0.3, -0.25) is 0 Å². The van der Waals surface area contributed by atoms with E-state index in [0.717, 1.165) is 47.2 Å². The van der Waals surface area contributed by atoms with Crippen molar-refractivity contribution in [1.82, 2.24) is 4.98 Å². The van der Waals surface area contributed by atoms with Crippen molar-refractivity contribution in [3.63, 3.8) is 0 Å². The normalized spacial score (nSPS) is 15.6. The Morgan fingerprint density at radius 1 is 1.20 bits per heavy atom.